The number of aryl methyl sites for hydroxylation is 1. The molecule has 0 N–H and O–H groups in total. The van der Waals surface area contributed by atoms with Crippen molar-refractivity contribution >= 4 is 11.6 Å². The third-order valence-electron chi connectivity index (χ3n) is 3.91. The zero-order chi connectivity index (χ0) is 13.4. The zero-order valence-corrected chi connectivity index (χ0v) is 11.9. The highest BCUT2D eigenvalue weighted by Crippen LogP contribution is 2.36. The van der Waals surface area contributed by atoms with E-state index in [1.807, 2.05) is 0 Å². The first kappa shape index (κ1) is 12.2. The number of fused-ring (bicyclic) bond motifs is 1. The van der Waals surface area contributed by atoms with Gasteiger partial charge in [-0.2, -0.15) is 0 Å². The Balaban J connectivity index is 2.08. The van der Waals surface area contributed by atoms with Crippen LogP contribution >= 0.6 is 0 Å². The van der Waals surface area contributed by atoms with E-state index in [1.54, 1.807) is 0 Å². The average Bonchev–Trinajstić information content (AvgIpc) is 2.82. The summed E-state index contributed by atoms with van der Waals surface area (Å²) < 4.78 is 0. The van der Waals surface area contributed by atoms with Crippen molar-refractivity contribution in [3.8, 4) is 0 Å². The van der Waals surface area contributed by atoms with E-state index in [-0.39, 0.29) is 0 Å². The minimum Gasteiger partial charge on any atom is -0.0622 e. The summed E-state index contributed by atoms with van der Waals surface area (Å²) in [6, 6.07) is 15.4. The van der Waals surface area contributed by atoms with E-state index in [0.29, 0.717) is 5.92 Å². The number of allylic oxidation sites excluding steroid dienone is 1. The molecule has 0 heterocycles. The van der Waals surface area contributed by atoms with Crippen LogP contribution in [-0.2, 0) is 6.42 Å². The molecule has 0 bridgehead atoms. The molecular weight excluding hydrogens is 228 g/mol. The highest BCUT2D eigenvalue weighted by Gasteiger charge is 2.18. The van der Waals surface area contributed by atoms with Crippen LogP contribution in [0.25, 0.3) is 11.6 Å². The fourth-order valence-electron chi connectivity index (χ4n) is 2.97. The van der Waals surface area contributed by atoms with Crippen LogP contribution in [0.3, 0.4) is 0 Å². The number of hydrogen-bond donors (Lipinski definition) is 0. The van der Waals surface area contributed by atoms with Gasteiger partial charge in [0.1, 0.15) is 0 Å². The van der Waals surface area contributed by atoms with E-state index in [4.69, 9.17) is 0 Å². The summed E-state index contributed by atoms with van der Waals surface area (Å²) in [4.78, 5) is 0. The van der Waals surface area contributed by atoms with E-state index in [2.05, 4.69) is 69.3 Å². The van der Waals surface area contributed by atoms with Gasteiger partial charge in [0.05, 0.1) is 0 Å². The lowest BCUT2D eigenvalue weighted by Crippen LogP contribution is -1.95. The van der Waals surface area contributed by atoms with Gasteiger partial charge in [0, 0.05) is 0 Å². The van der Waals surface area contributed by atoms with E-state index in [0.717, 1.165) is 6.42 Å². The Hall–Kier alpha value is -1.82. The molecule has 0 fully saturated rings. The Labute approximate surface area is 115 Å². The molecular formula is C19H20. The van der Waals surface area contributed by atoms with Crippen LogP contribution in [0.15, 0.2) is 42.5 Å². The summed E-state index contributed by atoms with van der Waals surface area (Å²) in [5.74, 6) is 0.583. The molecule has 0 aliphatic heterocycles. The molecule has 0 spiro atoms. The molecule has 19 heavy (non-hydrogen) atoms. The van der Waals surface area contributed by atoms with Crippen LogP contribution in [0, 0.1) is 6.92 Å². The molecule has 1 aliphatic carbocycles. The third kappa shape index (κ3) is 2.23. The molecule has 0 saturated heterocycles. The topological polar surface area (TPSA) is 0 Å². The van der Waals surface area contributed by atoms with Crippen molar-refractivity contribution in [1.29, 1.82) is 0 Å². The van der Waals surface area contributed by atoms with Crippen LogP contribution in [0.5, 0.6) is 0 Å². The van der Waals surface area contributed by atoms with E-state index < -0.39 is 0 Å². The van der Waals surface area contributed by atoms with Crippen molar-refractivity contribution in [2.24, 2.45) is 0 Å². The SMILES string of the molecule is Cc1cc2c(c(C(C)C)c1)C=C(c1ccccc1)C2. The van der Waals surface area contributed by atoms with Crippen molar-refractivity contribution in [1.82, 2.24) is 0 Å². The maximum absolute atomic E-state index is 2.39. The predicted octanol–water partition coefficient (Wildman–Crippen LogP) is 5.22. The smallest absolute Gasteiger partial charge is 0.00135 e. The molecule has 3 rings (SSSR count). The van der Waals surface area contributed by atoms with Crippen LogP contribution < -0.4 is 0 Å². The number of benzene rings is 2. The molecule has 2 aromatic carbocycles. The quantitative estimate of drug-likeness (QED) is 0.684. The van der Waals surface area contributed by atoms with Gasteiger partial charge in [-0.05, 0) is 47.1 Å². The molecule has 0 saturated carbocycles. The van der Waals surface area contributed by atoms with Crippen LogP contribution in [0.1, 0.15) is 47.6 Å². The normalized spacial score (nSPS) is 13.6. The molecule has 96 valence electrons. The standard InChI is InChI=1S/C19H20/c1-13(2)18-10-14(3)9-17-11-16(12-19(17)18)15-7-5-4-6-8-15/h4-10,12-13H,11H2,1-3H3. The molecule has 0 radical (unpaired) electrons. The first-order valence-electron chi connectivity index (χ1n) is 7.04. The first-order chi connectivity index (χ1) is 9.15. The van der Waals surface area contributed by atoms with Crippen molar-refractivity contribution in [2.45, 2.75) is 33.1 Å². The number of hydrogen-bond acceptors (Lipinski definition) is 0. The fourth-order valence-corrected chi connectivity index (χ4v) is 2.97. The minimum absolute atomic E-state index is 0.583. The Morgan fingerprint density at radius 3 is 2.42 bits per heavy atom. The Bertz CT molecular complexity index is 631. The van der Waals surface area contributed by atoms with Crippen molar-refractivity contribution in [2.75, 3.05) is 0 Å². The monoisotopic (exact) mass is 248 g/mol. The highest BCUT2D eigenvalue weighted by atomic mass is 14.2. The summed E-state index contributed by atoms with van der Waals surface area (Å²) in [7, 11) is 0. The van der Waals surface area contributed by atoms with Crippen LogP contribution in [-0.4, -0.2) is 0 Å². The van der Waals surface area contributed by atoms with Gasteiger partial charge in [-0.25, -0.2) is 0 Å². The zero-order valence-electron chi connectivity index (χ0n) is 11.9. The first-order valence-corrected chi connectivity index (χ1v) is 7.04. The fraction of sp³-hybridized carbons (Fsp3) is 0.263. The molecule has 0 heteroatoms. The van der Waals surface area contributed by atoms with E-state index in [1.165, 1.54) is 33.4 Å². The second-order valence-corrected chi connectivity index (χ2v) is 5.79. The van der Waals surface area contributed by atoms with Crippen LogP contribution in [0.4, 0.5) is 0 Å². The summed E-state index contributed by atoms with van der Waals surface area (Å²) in [5.41, 5.74) is 8.61. The largest absolute Gasteiger partial charge is 0.0622 e. The van der Waals surface area contributed by atoms with Crippen LogP contribution in [0.2, 0.25) is 0 Å². The lowest BCUT2D eigenvalue weighted by Gasteiger charge is -2.12. The van der Waals surface area contributed by atoms with Gasteiger partial charge in [0.15, 0.2) is 0 Å². The summed E-state index contributed by atoms with van der Waals surface area (Å²) in [6.07, 6.45) is 3.46. The molecule has 0 atom stereocenters. The average molecular weight is 248 g/mol. The third-order valence-corrected chi connectivity index (χ3v) is 3.91. The number of rotatable bonds is 2. The maximum atomic E-state index is 2.39. The molecule has 1 aliphatic rings. The van der Waals surface area contributed by atoms with E-state index in [9.17, 15) is 0 Å². The molecule has 2 aromatic rings. The van der Waals surface area contributed by atoms with Gasteiger partial charge in [-0.15, -0.1) is 0 Å². The second-order valence-electron chi connectivity index (χ2n) is 5.79. The van der Waals surface area contributed by atoms with Gasteiger partial charge in [-0.3, -0.25) is 0 Å². The summed E-state index contributed by atoms with van der Waals surface area (Å²) in [5, 5.41) is 0. The molecule has 0 unspecified atom stereocenters. The molecule has 0 aromatic heterocycles. The minimum atomic E-state index is 0.583. The van der Waals surface area contributed by atoms with Gasteiger partial charge in [0.25, 0.3) is 0 Å². The molecule has 0 amide bonds. The summed E-state index contributed by atoms with van der Waals surface area (Å²) >= 11 is 0. The lowest BCUT2D eigenvalue weighted by molar-refractivity contribution is 0.860. The summed E-state index contributed by atoms with van der Waals surface area (Å²) in [6.45, 7) is 6.76. The Morgan fingerprint density at radius 1 is 1.00 bits per heavy atom. The Morgan fingerprint density at radius 2 is 1.74 bits per heavy atom. The van der Waals surface area contributed by atoms with Crippen molar-refractivity contribution < 1.29 is 0 Å². The second kappa shape index (κ2) is 4.70. The highest BCUT2D eigenvalue weighted by molar-refractivity contribution is 5.89. The van der Waals surface area contributed by atoms with Crippen molar-refractivity contribution in [3.05, 3.63) is 70.3 Å². The predicted molar refractivity (Wildman–Crippen MR) is 83.3 cm³/mol. The Kier molecular flexibility index (Phi) is 3.02. The van der Waals surface area contributed by atoms with Gasteiger partial charge in [-0.1, -0.05) is 68.0 Å². The maximum Gasteiger partial charge on any atom is -0.00135 e. The van der Waals surface area contributed by atoms with E-state index >= 15 is 0 Å². The molecule has 0 nitrogen and oxygen atoms in total. The van der Waals surface area contributed by atoms with Gasteiger partial charge >= 0.3 is 0 Å². The van der Waals surface area contributed by atoms with Gasteiger partial charge in [0.2, 0.25) is 0 Å². The van der Waals surface area contributed by atoms with Crippen molar-refractivity contribution in [3.63, 3.8) is 0 Å². The van der Waals surface area contributed by atoms with Gasteiger partial charge < -0.3 is 0 Å². The lowest BCUT2D eigenvalue weighted by atomic mass is 9.93.